The number of hydrogen-bond donors (Lipinski definition) is 0. The molecule has 2 rings (SSSR count). The van der Waals surface area contributed by atoms with Crippen molar-refractivity contribution >= 4 is 0 Å². The van der Waals surface area contributed by atoms with Gasteiger partial charge in [0.15, 0.2) is 0 Å². The van der Waals surface area contributed by atoms with Crippen molar-refractivity contribution in [1.82, 2.24) is 0 Å². The zero-order valence-corrected chi connectivity index (χ0v) is 11.2. The van der Waals surface area contributed by atoms with Crippen LogP contribution >= 0.6 is 0 Å². The molecule has 96 valence electrons. The summed E-state index contributed by atoms with van der Waals surface area (Å²) in [7, 11) is 0. The van der Waals surface area contributed by atoms with E-state index in [1.165, 1.54) is 44.1 Å². The van der Waals surface area contributed by atoms with Gasteiger partial charge in [-0.3, -0.25) is 0 Å². The number of benzene rings is 1. The van der Waals surface area contributed by atoms with Crippen LogP contribution in [0.3, 0.4) is 0 Å². The third kappa shape index (κ3) is 7.98. The monoisotopic (exact) mass is 234 g/mol. The van der Waals surface area contributed by atoms with E-state index in [1.54, 1.807) is 0 Å². The Bertz CT molecular complexity index is 227. The van der Waals surface area contributed by atoms with Crippen molar-refractivity contribution in [3.8, 4) is 0 Å². The summed E-state index contributed by atoms with van der Waals surface area (Å²) >= 11 is 0. The lowest BCUT2D eigenvalue weighted by atomic mass is 10.1. The van der Waals surface area contributed by atoms with Crippen LogP contribution in [0.4, 0.5) is 0 Å². The molecule has 0 spiro atoms. The molecule has 0 aromatic heterocycles. The number of hydrogen-bond acceptors (Lipinski definition) is 1. The van der Waals surface area contributed by atoms with E-state index < -0.39 is 0 Å². The van der Waals surface area contributed by atoms with Gasteiger partial charge in [0.2, 0.25) is 0 Å². The molecule has 1 aliphatic heterocycles. The summed E-state index contributed by atoms with van der Waals surface area (Å²) in [5.41, 5.74) is 1.41. The molecule has 0 aliphatic carbocycles. The van der Waals surface area contributed by atoms with E-state index in [2.05, 4.69) is 31.2 Å². The van der Waals surface area contributed by atoms with Crippen LogP contribution in [0.5, 0.6) is 0 Å². The molecule has 1 saturated heterocycles. The molecule has 1 heteroatoms. The SMILES string of the molecule is C1CCCCOCCC1.CCc1ccccc1. The Morgan fingerprint density at radius 3 is 1.82 bits per heavy atom. The van der Waals surface area contributed by atoms with Crippen LogP contribution in [0.1, 0.15) is 51.0 Å². The summed E-state index contributed by atoms with van der Waals surface area (Å²) in [5.74, 6) is 0. The molecule has 0 saturated carbocycles. The van der Waals surface area contributed by atoms with Gasteiger partial charge < -0.3 is 4.74 Å². The summed E-state index contributed by atoms with van der Waals surface area (Å²) in [4.78, 5) is 0. The average Bonchev–Trinajstić information content (AvgIpc) is 2.56. The van der Waals surface area contributed by atoms with Gasteiger partial charge >= 0.3 is 0 Å². The Morgan fingerprint density at radius 2 is 1.35 bits per heavy atom. The Morgan fingerprint density at radius 1 is 0.824 bits per heavy atom. The molecule has 1 aliphatic rings. The number of ether oxygens (including phenoxy) is 1. The molecule has 0 atom stereocenters. The Hall–Kier alpha value is -0.820. The van der Waals surface area contributed by atoms with E-state index in [0.29, 0.717) is 0 Å². The van der Waals surface area contributed by atoms with Crippen LogP contribution in [0.15, 0.2) is 30.3 Å². The first kappa shape index (κ1) is 14.2. The number of rotatable bonds is 1. The first-order chi connectivity index (χ1) is 8.43. The maximum absolute atomic E-state index is 5.35. The molecule has 1 fully saturated rings. The molecule has 1 heterocycles. The van der Waals surface area contributed by atoms with Crippen LogP contribution in [0.25, 0.3) is 0 Å². The Kier molecular flexibility index (Phi) is 8.66. The van der Waals surface area contributed by atoms with E-state index in [9.17, 15) is 0 Å². The third-order valence-electron chi connectivity index (χ3n) is 3.08. The smallest absolute Gasteiger partial charge is 0.0466 e. The molecule has 1 aromatic carbocycles. The van der Waals surface area contributed by atoms with Crippen molar-refractivity contribution in [2.45, 2.75) is 51.9 Å². The van der Waals surface area contributed by atoms with E-state index >= 15 is 0 Å². The molecule has 0 radical (unpaired) electrons. The minimum atomic E-state index is 1.00. The molecule has 1 nitrogen and oxygen atoms in total. The van der Waals surface area contributed by atoms with E-state index in [1.807, 2.05) is 6.07 Å². The van der Waals surface area contributed by atoms with Crippen LogP contribution < -0.4 is 0 Å². The zero-order chi connectivity index (χ0) is 12.2. The second kappa shape index (κ2) is 10.3. The molecule has 17 heavy (non-hydrogen) atoms. The van der Waals surface area contributed by atoms with E-state index in [4.69, 9.17) is 4.74 Å². The first-order valence-electron chi connectivity index (χ1n) is 7.05. The van der Waals surface area contributed by atoms with Crippen LogP contribution in [0.2, 0.25) is 0 Å². The molecule has 1 aromatic rings. The van der Waals surface area contributed by atoms with Gasteiger partial charge in [-0.2, -0.15) is 0 Å². The maximum Gasteiger partial charge on any atom is 0.0466 e. The van der Waals surface area contributed by atoms with Gasteiger partial charge in [0.25, 0.3) is 0 Å². The van der Waals surface area contributed by atoms with Crippen molar-refractivity contribution in [1.29, 1.82) is 0 Å². The topological polar surface area (TPSA) is 9.23 Å². The lowest BCUT2D eigenvalue weighted by molar-refractivity contribution is 0.131. The molecule has 0 amide bonds. The Labute approximate surface area is 106 Å². The third-order valence-corrected chi connectivity index (χ3v) is 3.08. The minimum Gasteiger partial charge on any atom is -0.381 e. The van der Waals surface area contributed by atoms with Gasteiger partial charge in [0.1, 0.15) is 0 Å². The van der Waals surface area contributed by atoms with Gasteiger partial charge in [-0.15, -0.1) is 0 Å². The largest absolute Gasteiger partial charge is 0.381 e. The highest BCUT2D eigenvalue weighted by atomic mass is 16.5. The quantitative estimate of drug-likeness (QED) is 0.689. The first-order valence-corrected chi connectivity index (χ1v) is 7.05. The van der Waals surface area contributed by atoms with Crippen molar-refractivity contribution in [2.24, 2.45) is 0 Å². The van der Waals surface area contributed by atoms with E-state index in [-0.39, 0.29) is 0 Å². The molecular weight excluding hydrogens is 208 g/mol. The fourth-order valence-corrected chi connectivity index (χ4v) is 1.93. The summed E-state index contributed by atoms with van der Waals surface area (Å²) in [6.45, 7) is 4.16. The minimum absolute atomic E-state index is 1.00. The summed E-state index contributed by atoms with van der Waals surface area (Å²) in [6.07, 6.45) is 9.29. The van der Waals surface area contributed by atoms with E-state index in [0.717, 1.165) is 19.6 Å². The maximum atomic E-state index is 5.35. The van der Waals surface area contributed by atoms with Crippen molar-refractivity contribution in [3.63, 3.8) is 0 Å². The molecule has 0 bridgehead atoms. The zero-order valence-electron chi connectivity index (χ0n) is 11.2. The van der Waals surface area contributed by atoms with Gasteiger partial charge in [0, 0.05) is 13.2 Å². The van der Waals surface area contributed by atoms with Crippen LogP contribution in [-0.2, 0) is 11.2 Å². The predicted octanol–water partition coefficient (Wildman–Crippen LogP) is 4.61. The second-order valence-electron chi connectivity index (χ2n) is 4.57. The molecular formula is C16H26O. The van der Waals surface area contributed by atoms with Gasteiger partial charge in [-0.05, 0) is 24.8 Å². The average molecular weight is 234 g/mol. The van der Waals surface area contributed by atoms with Gasteiger partial charge in [-0.1, -0.05) is 62.9 Å². The highest BCUT2D eigenvalue weighted by Crippen LogP contribution is 2.08. The Balaban J connectivity index is 0.000000171. The summed E-state index contributed by atoms with van der Waals surface area (Å²) < 4.78 is 5.35. The van der Waals surface area contributed by atoms with Crippen molar-refractivity contribution < 1.29 is 4.74 Å². The highest BCUT2D eigenvalue weighted by molar-refractivity contribution is 5.13. The lowest BCUT2D eigenvalue weighted by Gasteiger charge is -1.97. The van der Waals surface area contributed by atoms with Crippen molar-refractivity contribution in [2.75, 3.05) is 13.2 Å². The second-order valence-corrected chi connectivity index (χ2v) is 4.57. The fraction of sp³-hybridized carbons (Fsp3) is 0.625. The fourth-order valence-electron chi connectivity index (χ4n) is 1.93. The summed E-state index contributed by atoms with van der Waals surface area (Å²) in [6, 6.07) is 10.5. The number of aryl methyl sites for hydroxylation is 1. The van der Waals surface area contributed by atoms with Crippen molar-refractivity contribution in [3.05, 3.63) is 35.9 Å². The standard InChI is InChI=1S/C8H16O.C8H10/c1-2-4-6-8-9-7-5-3-1;1-2-8-6-4-3-5-7-8/h1-8H2;3-7H,2H2,1H3. The van der Waals surface area contributed by atoms with Gasteiger partial charge in [-0.25, -0.2) is 0 Å². The van der Waals surface area contributed by atoms with Crippen LogP contribution in [0, 0.1) is 0 Å². The molecule has 0 unspecified atom stereocenters. The molecule has 0 N–H and O–H groups in total. The van der Waals surface area contributed by atoms with Gasteiger partial charge in [0.05, 0.1) is 0 Å². The predicted molar refractivity (Wildman–Crippen MR) is 74.3 cm³/mol. The van der Waals surface area contributed by atoms with Crippen LogP contribution in [-0.4, -0.2) is 13.2 Å². The highest BCUT2D eigenvalue weighted by Gasteiger charge is 1.95. The lowest BCUT2D eigenvalue weighted by Crippen LogP contribution is -1.94. The normalized spacial score (nSPS) is 17.0. The summed E-state index contributed by atoms with van der Waals surface area (Å²) in [5, 5.41) is 0.